The number of H-pyrrole nitrogens is 1. The van der Waals surface area contributed by atoms with Crippen molar-refractivity contribution in [3.05, 3.63) is 28.8 Å². The maximum atomic E-state index is 6.04. The van der Waals surface area contributed by atoms with Crippen LogP contribution in [0.25, 0.3) is 0 Å². The van der Waals surface area contributed by atoms with Gasteiger partial charge in [0.1, 0.15) is 11.5 Å². The molecule has 6 heteroatoms. The molecule has 0 radical (unpaired) electrons. The van der Waals surface area contributed by atoms with Crippen LogP contribution in [0.5, 0.6) is 11.8 Å². The van der Waals surface area contributed by atoms with Crippen LogP contribution >= 0.6 is 11.6 Å². The van der Waals surface area contributed by atoms with Gasteiger partial charge in [-0.15, -0.1) is 5.10 Å². The Labute approximate surface area is 104 Å². The van der Waals surface area contributed by atoms with Gasteiger partial charge < -0.3 is 4.74 Å². The normalized spacial score (nSPS) is 10.9. The molecule has 0 amide bonds. The zero-order chi connectivity index (χ0) is 12.4. The molecular weight excluding hydrogens is 240 g/mol. The van der Waals surface area contributed by atoms with Crippen LogP contribution in [0.3, 0.4) is 0 Å². The van der Waals surface area contributed by atoms with E-state index in [1.165, 1.54) is 6.33 Å². The van der Waals surface area contributed by atoms with Crippen molar-refractivity contribution in [3.63, 3.8) is 0 Å². The van der Waals surface area contributed by atoms with E-state index in [0.29, 0.717) is 16.9 Å². The molecule has 0 aliphatic carbocycles. The molecular formula is C11H13ClN4O. The SMILES string of the molecule is Cc1cc(Oc2ncnc(Cl)c2C(C)C)n[nH]1. The quantitative estimate of drug-likeness (QED) is 0.853. The fourth-order valence-electron chi connectivity index (χ4n) is 1.47. The van der Waals surface area contributed by atoms with Crippen LogP contribution in [-0.4, -0.2) is 20.2 Å². The van der Waals surface area contributed by atoms with Gasteiger partial charge in [-0.05, 0) is 12.8 Å². The Morgan fingerprint density at radius 1 is 1.35 bits per heavy atom. The minimum Gasteiger partial charge on any atom is -0.419 e. The van der Waals surface area contributed by atoms with Crippen molar-refractivity contribution in [2.75, 3.05) is 0 Å². The lowest BCUT2D eigenvalue weighted by Gasteiger charge is -2.11. The van der Waals surface area contributed by atoms with Crippen LogP contribution in [0.2, 0.25) is 5.15 Å². The van der Waals surface area contributed by atoms with Crippen molar-refractivity contribution in [2.24, 2.45) is 0 Å². The van der Waals surface area contributed by atoms with Gasteiger partial charge in [0, 0.05) is 11.8 Å². The summed E-state index contributed by atoms with van der Waals surface area (Å²) in [6.45, 7) is 5.91. The summed E-state index contributed by atoms with van der Waals surface area (Å²) in [7, 11) is 0. The third kappa shape index (κ3) is 2.55. The van der Waals surface area contributed by atoms with Crippen LogP contribution < -0.4 is 4.74 Å². The van der Waals surface area contributed by atoms with Crippen LogP contribution in [0.4, 0.5) is 0 Å². The number of hydrogen-bond acceptors (Lipinski definition) is 4. The highest BCUT2D eigenvalue weighted by Gasteiger charge is 2.16. The zero-order valence-electron chi connectivity index (χ0n) is 9.86. The van der Waals surface area contributed by atoms with E-state index in [1.807, 2.05) is 20.8 Å². The molecule has 0 bridgehead atoms. The predicted molar refractivity (Wildman–Crippen MR) is 64.5 cm³/mol. The van der Waals surface area contributed by atoms with Gasteiger partial charge in [-0.2, -0.15) is 0 Å². The van der Waals surface area contributed by atoms with Gasteiger partial charge in [0.2, 0.25) is 11.8 Å². The van der Waals surface area contributed by atoms with E-state index >= 15 is 0 Å². The lowest BCUT2D eigenvalue weighted by atomic mass is 10.1. The van der Waals surface area contributed by atoms with Gasteiger partial charge in [-0.3, -0.25) is 5.10 Å². The second-order valence-electron chi connectivity index (χ2n) is 4.03. The number of ether oxygens (including phenoxy) is 1. The van der Waals surface area contributed by atoms with Crippen LogP contribution in [0, 0.1) is 6.92 Å². The van der Waals surface area contributed by atoms with Crippen molar-refractivity contribution in [1.29, 1.82) is 0 Å². The van der Waals surface area contributed by atoms with E-state index in [-0.39, 0.29) is 5.92 Å². The fourth-order valence-corrected chi connectivity index (χ4v) is 1.81. The molecule has 17 heavy (non-hydrogen) atoms. The number of halogens is 1. The molecule has 0 spiro atoms. The summed E-state index contributed by atoms with van der Waals surface area (Å²) in [5.41, 5.74) is 1.71. The lowest BCUT2D eigenvalue weighted by Crippen LogP contribution is -1.99. The number of hydrogen-bond donors (Lipinski definition) is 1. The number of rotatable bonds is 3. The molecule has 2 aromatic heterocycles. The third-order valence-corrected chi connectivity index (χ3v) is 2.56. The molecule has 1 N–H and O–H groups in total. The zero-order valence-corrected chi connectivity index (χ0v) is 10.6. The molecule has 5 nitrogen and oxygen atoms in total. The molecule has 2 aromatic rings. The predicted octanol–water partition coefficient (Wildman–Crippen LogP) is 3.08. The molecule has 0 saturated heterocycles. The van der Waals surface area contributed by atoms with Gasteiger partial charge in [-0.1, -0.05) is 25.4 Å². The minimum atomic E-state index is 0.179. The van der Waals surface area contributed by atoms with Gasteiger partial charge in [0.25, 0.3) is 0 Å². The van der Waals surface area contributed by atoms with E-state index in [2.05, 4.69) is 20.2 Å². The summed E-state index contributed by atoms with van der Waals surface area (Å²) < 4.78 is 5.59. The Hall–Kier alpha value is -1.62. The van der Waals surface area contributed by atoms with Crippen molar-refractivity contribution < 1.29 is 4.74 Å². The van der Waals surface area contributed by atoms with E-state index in [0.717, 1.165) is 11.3 Å². The maximum absolute atomic E-state index is 6.04. The smallest absolute Gasteiger partial charge is 0.240 e. The first-order valence-corrected chi connectivity index (χ1v) is 5.66. The van der Waals surface area contributed by atoms with E-state index < -0.39 is 0 Å². The second kappa shape index (κ2) is 4.71. The molecule has 0 unspecified atom stereocenters. The molecule has 90 valence electrons. The van der Waals surface area contributed by atoms with Gasteiger partial charge in [0.05, 0.1) is 5.56 Å². The Kier molecular flexibility index (Phi) is 3.28. The lowest BCUT2D eigenvalue weighted by molar-refractivity contribution is 0.433. The molecule has 0 aromatic carbocycles. The van der Waals surface area contributed by atoms with Crippen LogP contribution in [0.15, 0.2) is 12.4 Å². The van der Waals surface area contributed by atoms with Gasteiger partial charge in [-0.25, -0.2) is 9.97 Å². The first-order valence-electron chi connectivity index (χ1n) is 5.28. The maximum Gasteiger partial charge on any atom is 0.240 e. The number of nitrogens with one attached hydrogen (secondary N) is 1. The van der Waals surface area contributed by atoms with Crippen LogP contribution in [0.1, 0.15) is 31.0 Å². The Bertz CT molecular complexity index is 524. The number of nitrogens with zero attached hydrogens (tertiary/aromatic N) is 3. The van der Waals surface area contributed by atoms with Crippen LogP contribution in [-0.2, 0) is 0 Å². The molecule has 0 saturated carbocycles. The second-order valence-corrected chi connectivity index (χ2v) is 4.39. The summed E-state index contributed by atoms with van der Waals surface area (Å²) in [4.78, 5) is 8.05. The Morgan fingerprint density at radius 2 is 2.12 bits per heavy atom. The molecule has 2 heterocycles. The molecule has 0 fully saturated rings. The van der Waals surface area contributed by atoms with Crippen molar-refractivity contribution in [1.82, 2.24) is 20.2 Å². The Balaban J connectivity index is 2.35. The molecule has 0 aliphatic rings. The minimum absolute atomic E-state index is 0.179. The number of aromatic nitrogens is 4. The van der Waals surface area contributed by atoms with E-state index in [4.69, 9.17) is 16.3 Å². The standard InChI is InChI=1S/C11H13ClN4O/c1-6(2)9-10(12)13-5-14-11(9)17-8-4-7(3)15-16-8/h4-6H,1-3H3,(H,15,16). The van der Waals surface area contributed by atoms with Gasteiger partial charge in [0.15, 0.2) is 0 Å². The average Bonchev–Trinajstić information content (AvgIpc) is 2.63. The highest BCUT2D eigenvalue weighted by atomic mass is 35.5. The topological polar surface area (TPSA) is 63.7 Å². The number of aryl methyl sites for hydroxylation is 1. The van der Waals surface area contributed by atoms with E-state index in [9.17, 15) is 0 Å². The van der Waals surface area contributed by atoms with Crippen molar-refractivity contribution in [2.45, 2.75) is 26.7 Å². The summed E-state index contributed by atoms with van der Waals surface area (Å²) in [5.74, 6) is 1.10. The molecule has 2 rings (SSSR count). The first-order chi connectivity index (χ1) is 8.08. The highest BCUT2D eigenvalue weighted by Crippen LogP contribution is 2.31. The summed E-state index contributed by atoms with van der Waals surface area (Å²) in [5, 5.41) is 7.21. The van der Waals surface area contributed by atoms with E-state index in [1.54, 1.807) is 6.07 Å². The third-order valence-electron chi connectivity index (χ3n) is 2.26. The highest BCUT2D eigenvalue weighted by molar-refractivity contribution is 6.30. The first kappa shape index (κ1) is 11.9. The summed E-state index contributed by atoms with van der Waals surface area (Å²) >= 11 is 6.04. The summed E-state index contributed by atoms with van der Waals surface area (Å²) in [6, 6.07) is 1.79. The fraction of sp³-hybridized carbons (Fsp3) is 0.364. The van der Waals surface area contributed by atoms with Crippen molar-refractivity contribution in [3.8, 4) is 11.8 Å². The Morgan fingerprint density at radius 3 is 2.71 bits per heavy atom. The van der Waals surface area contributed by atoms with Gasteiger partial charge >= 0.3 is 0 Å². The summed E-state index contributed by atoms with van der Waals surface area (Å²) in [6.07, 6.45) is 1.38. The molecule has 0 aliphatic heterocycles. The van der Waals surface area contributed by atoms with Crippen molar-refractivity contribution >= 4 is 11.6 Å². The average molecular weight is 253 g/mol. The largest absolute Gasteiger partial charge is 0.419 e. The molecule has 0 atom stereocenters. The monoisotopic (exact) mass is 252 g/mol. The number of aromatic amines is 1.